The summed E-state index contributed by atoms with van der Waals surface area (Å²) < 4.78 is 17.0. The second kappa shape index (κ2) is 7.76. The van der Waals surface area contributed by atoms with Crippen LogP contribution < -0.4 is 5.59 Å². The van der Waals surface area contributed by atoms with Crippen LogP contribution in [0.25, 0.3) is 0 Å². The Bertz CT molecular complexity index is 650. The molecule has 1 aromatic rings. The molecule has 1 unspecified atom stereocenters. The lowest BCUT2D eigenvalue weighted by Gasteiger charge is -2.34. The Morgan fingerprint density at radius 3 is 2.56 bits per heavy atom. The van der Waals surface area contributed by atoms with E-state index in [1.807, 2.05) is 20.8 Å². The van der Waals surface area contributed by atoms with E-state index in [0.717, 1.165) is 25.1 Å². The van der Waals surface area contributed by atoms with Crippen LogP contribution >= 0.6 is 0 Å². The Morgan fingerprint density at radius 1 is 1.26 bits per heavy atom. The summed E-state index contributed by atoms with van der Waals surface area (Å²) in [6.45, 7) is 12.5. The molecule has 1 aromatic heterocycles. The van der Waals surface area contributed by atoms with E-state index in [9.17, 15) is 4.79 Å². The summed E-state index contributed by atoms with van der Waals surface area (Å²) in [6, 6.07) is 0. The standard InChI is InChI=1S/C19H30BN3O4/c1-18(2,3)27-17(24)23-8-6-7-14(11-23)15-9-22-16(10-21-15)20-25-12-19(4,5)13-26-20/h9-10,14H,6-8,11-13H2,1-5H3. The minimum atomic E-state index is -0.486. The third-order valence-corrected chi connectivity index (χ3v) is 4.68. The van der Waals surface area contributed by atoms with Gasteiger partial charge < -0.3 is 18.9 Å². The lowest BCUT2D eigenvalue weighted by atomic mass is 9.80. The molecule has 8 heteroatoms. The Kier molecular flexibility index (Phi) is 5.77. The van der Waals surface area contributed by atoms with Crippen molar-refractivity contribution in [1.82, 2.24) is 14.9 Å². The van der Waals surface area contributed by atoms with Crippen molar-refractivity contribution in [2.75, 3.05) is 26.3 Å². The lowest BCUT2D eigenvalue weighted by molar-refractivity contribution is 0.0197. The number of rotatable bonds is 2. The summed E-state index contributed by atoms with van der Waals surface area (Å²) >= 11 is 0. The lowest BCUT2D eigenvalue weighted by Crippen LogP contribution is -2.48. The van der Waals surface area contributed by atoms with Gasteiger partial charge in [-0.2, -0.15) is 0 Å². The predicted molar refractivity (Wildman–Crippen MR) is 103 cm³/mol. The number of amides is 1. The number of aromatic nitrogens is 2. The first kappa shape index (κ1) is 20.1. The van der Waals surface area contributed by atoms with E-state index in [-0.39, 0.29) is 17.4 Å². The van der Waals surface area contributed by atoms with Crippen LogP contribution in [0.1, 0.15) is 59.1 Å². The molecular weight excluding hydrogens is 345 g/mol. The van der Waals surface area contributed by atoms with E-state index in [1.54, 1.807) is 17.3 Å². The molecule has 0 N–H and O–H groups in total. The van der Waals surface area contributed by atoms with Crippen molar-refractivity contribution >= 4 is 18.8 Å². The summed E-state index contributed by atoms with van der Waals surface area (Å²) in [5.74, 6) is 0.167. The topological polar surface area (TPSA) is 73.8 Å². The highest BCUT2D eigenvalue weighted by atomic mass is 16.6. The van der Waals surface area contributed by atoms with Crippen LogP contribution in [0.4, 0.5) is 4.79 Å². The number of carbonyl (C=O) groups is 1. The molecule has 148 valence electrons. The summed E-state index contributed by atoms with van der Waals surface area (Å²) in [7, 11) is -0.454. The molecule has 27 heavy (non-hydrogen) atoms. The summed E-state index contributed by atoms with van der Waals surface area (Å²) in [6.07, 6.45) is 5.16. The first-order chi connectivity index (χ1) is 12.6. The number of nitrogens with zero attached hydrogens (tertiary/aromatic N) is 3. The average molecular weight is 375 g/mol. The molecule has 3 heterocycles. The third-order valence-electron chi connectivity index (χ3n) is 4.68. The number of piperidine rings is 1. The molecule has 0 radical (unpaired) electrons. The van der Waals surface area contributed by atoms with Gasteiger partial charge in [0.2, 0.25) is 0 Å². The SMILES string of the molecule is CC1(C)COB(c2cnc(C3CCCN(C(=O)OC(C)(C)C)C3)cn2)OC1. The molecule has 0 spiro atoms. The van der Waals surface area contributed by atoms with Crippen molar-refractivity contribution in [2.24, 2.45) is 5.41 Å². The van der Waals surface area contributed by atoms with Gasteiger partial charge in [-0.1, -0.05) is 13.8 Å². The summed E-state index contributed by atoms with van der Waals surface area (Å²) in [5, 5.41) is 0. The summed E-state index contributed by atoms with van der Waals surface area (Å²) in [4.78, 5) is 23.2. The van der Waals surface area contributed by atoms with Gasteiger partial charge in [-0.15, -0.1) is 0 Å². The van der Waals surface area contributed by atoms with Crippen LogP contribution in [-0.4, -0.2) is 60.0 Å². The van der Waals surface area contributed by atoms with Gasteiger partial charge in [0.1, 0.15) is 5.60 Å². The van der Waals surface area contributed by atoms with E-state index in [0.29, 0.717) is 25.4 Å². The number of hydrogen-bond donors (Lipinski definition) is 0. The second-order valence-electron chi connectivity index (χ2n) is 9.25. The first-order valence-electron chi connectivity index (χ1n) is 9.66. The summed E-state index contributed by atoms with van der Waals surface area (Å²) in [5.41, 5.74) is 1.12. The quantitative estimate of drug-likeness (QED) is 0.739. The minimum Gasteiger partial charge on any atom is -0.444 e. The molecule has 2 fully saturated rings. The highest BCUT2D eigenvalue weighted by Gasteiger charge is 2.35. The first-order valence-corrected chi connectivity index (χ1v) is 9.66. The van der Waals surface area contributed by atoms with E-state index in [4.69, 9.17) is 14.0 Å². The Labute approximate surface area is 161 Å². The molecule has 3 rings (SSSR count). The molecule has 0 saturated carbocycles. The fourth-order valence-electron chi connectivity index (χ4n) is 3.25. The molecule has 1 amide bonds. The van der Waals surface area contributed by atoms with Gasteiger partial charge >= 0.3 is 13.2 Å². The molecule has 0 aliphatic carbocycles. The Balaban J connectivity index is 1.60. The monoisotopic (exact) mass is 375 g/mol. The molecule has 2 aliphatic heterocycles. The van der Waals surface area contributed by atoms with Crippen molar-refractivity contribution in [1.29, 1.82) is 0 Å². The van der Waals surface area contributed by atoms with Crippen LogP contribution in [0, 0.1) is 5.41 Å². The van der Waals surface area contributed by atoms with E-state index in [1.165, 1.54) is 0 Å². The zero-order valence-electron chi connectivity index (χ0n) is 17.0. The van der Waals surface area contributed by atoms with E-state index in [2.05, 4.69) is 23.8 Å². The van der Waals surface area contributed by atoms with Crippen LogP contribution in [0.5, 0.6) is 0 Å². The maximum Gasteiger partial charge on any atom is 0.515 e. The zero-order chi connectivity index (χ0) is 19.7. The van der Waals surface area contributed by atoms with Gasteiger partial charge in [-0.05, 0) is 33.6 Å². The largest absolute Gasteiger partial charge is 0.515 e. The normalized spacial score (nSPS) is 23.2. The maximum atomic E-state index is 12.3. The van der Waals surface area contributed by atoms with Crippen LogP contribution in [0.15, 0.2) is 12.4 Å². The molecular formula is C19H30BN3O4. The molecule has 0 aromatic carbocycles. The minimum absolute atomic E-state index is 0.0249. The molecule has 2 saturated heterocycles. The Hall–Kier alpha value is -1.67. The molecule has 1 atom stereocenters. The van der Waals surface area contributed by atoms with Gasteiger partial charge in [0.25, 0.3) is 0 Å². The Morgan fingerprint density at radius 2 is 1.96 bits per heavy atom. The number of hydrogen-bond acceptors (Lipinski definition) is 6. The van der Waals surface area contributed by atoms with Crippen molar-refractivity contribution in [2.45, 2.75) is 59.0 Å². The van der Waals surface area contributed by atoms with Crippen LogP contribution in [0.2, 0.25) is 0 Å². The van der Waals surface area contributed by atoms with Crippen molar-refractivity contribution in [3.8, 4) is 0 Å². The highest BCUT2D eigenvalue weighted by molar-refractivity contribution is 6.60. The molecule has 2 aliphatic rings. The van der Waals surface area contributed by atoms with Crippen molar-refractivity contribution in [3.63, 3.8) is 0 Å². The highest BCUT2D eigenvalue weighted by Crippen LogP contribution is 2.26. The van der Waals surface area contributed by atoms with Crippen molar-refractivity contribution in [3.05, 3.63) is 18.1 Å². The van der Waals surface area contributed by atoms with Gasteiger partial charge in [-0.3, -0.25) is 9.97 Å². The number of carbonyl (C=O) groups excluding carboxylic acids is 1. The third kappa shape index (κ3) is 5.42. The molecule has 0 bridgehead atoms. The van der Waals surface area contributed by atoms with E-state index < -0.39 is 12.7 Å². The fraction of sp³-hybridized carbons (Fsp3) is 0.737. The van der Waals surface area contributed by atoms with Crippen LogP contribution in [0.3, 0.4) is 0 Å². The van der Waals surface area contributed by atoms with Gasteiger partial charge in [-0.25, -0.2) is 4.79 Å². The smallest absolute Gasteiger partial charge is 0.444 e. The van der Waals surface area contributed by atoms with Gasteiger partial charge in [0.05, 0.1) is 11.3 Å². The predicted octanol–water partition coefficient (Wildman–Crippen LogP) is 2.36. The zero-order valence-corrected chi connectivity index (χ0v) is 17.0. The second-order valence-corrected chi connectivity index (χ2v) is 9.25. The maximum absolute atomic E-state index is 12.3. The van der Waals surface area contributed by atoms with Crippen molar-refractivity contribution < 1.29 is 18.8 Å². The van der Waals surface area contributed by atoms with Crippen LogP contribution in [-0.2, 0) is 14.0 Å². The van der Waals surface area contributed by atoms with Gasteiger partial charge in [0.15, 0.2) is 0 Å². The number of ether oxygens (including phenoxy) is 1. The molecule has 7 nitrogen and oxygen atoms in total. The van der Waals surface area contributed by atoms with Gasteiger partial charge in [0, 0.05) is 50.0 Å². The number of likely N-dealkylation sites (tertiary alicyclic amines) is 1. The fourth-order valence-corrected chi connectivity index (χ4v) is 3.25. The van der Waals surface area contributed by atoms with E-state index >= 15 is 0 Å². The average Bonchev–Trinajstić information content (AvgIpc) is 2.61.